The molecule has 3 rings (SSSR count). The van der Waals surface area contributed by atoms with Gasteiger partial charge in [0.2, 0.25) is 0 Å². The van der Waals surface area contributed by atoms with E-state index in [0.29, 0.717) is 11.6 Å². The van der Waals surface area contributed by atoms with Gasteiger partial charge in [0.15, 0.2) is 0 Å². The second kappa shape index (κ2) is 5.64. The van der Waals surface area contributed by atoms with E-state index in [1.165, 1.54) is 0 Å². The van der Waals surface area contributed by atoms with Crippen molar-refractivity contribution >= 4 is 17.2 Å². The van der Waals surface area contributed by atoms with E-state index in [0.717, 1.165) is 22.6 Å². The number of rotatable bonds is 3. The normalized spacial score (nSPS) is 11.1. The van der Waals surface area contributed by atoms with Crippen LogP contribution in [0.15, 0.2) is 48.7 Å². The molecule has 1 N–H and O–H groups in total. The predicted molar refractivity (Wildman–Crippen MR) is 88.4 cm³/mol. The average Bonchev–Trinajstić information content (AvgIpc) is 2.83. The number of imidazole rings is 1. The second-order valence-electron chi connectivity index (χ2n) is 5.67. The lowest BCUT2D eigenvalue weighted by molar-refractivity contribution is 0.102. The molecule has 3 aromatic rings. The number of pyridine rings is 1. The standard InChI is InChI=1S/C18H19N3O/c1-12(2)14-8-4-5-9-15(14)20-18(22)17-13(3)19-16-10-6-7-11-21(16)17/h4-12H,1-3H3,(H,20,22). The number of hydrogen-bond acceptors (Lipinski definition) is 2. The van der Waals surface area contributed by atoms with E-state index in [-0.39, 0.29) is 5.91 Å². The summed E-state index contributed by atoms with van der Waals surface area (Å²) >= 11 is 0. The highest BCUT2D eigenvalue weighted by Gasteiger charge is 2.17. The quantitative estimate of drug-likeness (QED) is 0.793. The van der Waals surface area contributed by atoms with Crippen molar-refractivity contribution in [3.05, 3.63) is 65.6 Å². The lowest BCUT2D eigenvalue weighted by Crippen LogP contribution is -2.16. The van der Waals surface area contributed by atoms with Gasteiger partial charge in [0, 0.05) is 11.9 Å². The Labute approximate surface area is 129 Å². The molecular weight excluding hydrogens is 274 g/mol. The Morgan fingerprint density at radius 1 is 1.14 bits per heavy atom. The maximum Gasteiger partial charge on any atom is 0.274 e. The third-order valence-corrected chi connectivity index (χ3v) is 3.75. The van der Waals surface area contributed by atoms with Gasteiger partial charge in [0.25, 0.3) is 5.91 Å². The number of benzene rings is 1. The average molecular weight is 293 g/mol. The minimum atomic E-state index is -0.135. The summed E-state index contributed by atoms with van der Waals surface area (Å²) in [6.45, 7) is 6.09. The zero-order valence-electron chi connectivity index (χ0n) is 13.0. The Kier molecular flexibility index (Phi) is 3.67. The predicted octanol–water partition coefficient (Wildman–Crippen LogP) is 4.02. The molecule has 0 radical (unpaired) electrons. The summed E-state index contributed by atoms with van der Waals surface area (Å²) in [5, 5.41) is 3.03. The van der Waals surface area contributed by atoms with Crippen LogP contribution in [0.1, 0.15) is 41.5 Å². The fourth-order valence-corrected chi connectivity index (χ4v) is 2.68. The fraction of sp³-hybridized carbons (Fsp3) is 0.222. The Hall–Kier alpha value is -2.62. The van der Waals surface area contributed by atoms with E-state index in [9.17, 15) is 4.79 Å². The lowest BCUT2D eigenvalue weighted by atomic mass is 10.0. The van der Waals surface area contributed by atoms with Crippen LogP contribution < -0.4 is 5.32 Å². The fourth-order valence-electron chi connectivity index (χ4n) is 2.68. The topological polar surface area (TPSA) is 46.4 Å². The maximum atomic E-state index is 12.7. The van der Waals surface area contributed by atoms with Crippen molar-refractivity contribution in [1.82, 2.24) is 9.38 Å². The Morgan fingerprint density at radius 2 is 1.86 bits per heavy atom. The van der Waals surface area contributed by atoms with Crippen LogP contribution in [-0.2, 0) is 0 Å². The van der Waals surface area contributed by atoms with Crippen LogP contribution >= 0.6 is 0 Å². The molecule has 2 aromatic heterocycles. The molecule has 4 heteroatoms. The molecule has 1 amide bonds. The van der Waals surface area contributed by atoms with Gasteiger partial charge in [0.1, 0.15) is 11.3 Å². The molecule has 0 aliphatic carbocycles. The molecule has 0 aliphatic heterocycles. The number of hydrogen-bond donors (Lipinski definition) is 1. The van der Waals surface area contributed by atoms with Crippen LogP contribution in [-0.4, -0.2) is 15.3 Å². The smallest absolute Gasteiger partial charge is 0.274 e. The van der Waals surface area contributed by atoms with Gasteiger partial charge < -0.3 is 5.32 Å². The van der Waals surface area contributed by atoms with E-state index in [1.54, 1.807) is 0 Å². The molecule has 22 heavy (non-hydrogen) atoms. The highest BCUT2D eigenvalue weighted by atomic mass is 16.2. The van der Waals surface area contributed by atoms with Crippen molar-refractivity contribution in [1.29, 1.82) is 0 Å². The van der Waals surface area contributed by atoms with Crippen LogP contribution in [0.4, 0.5) is 5.69 Å². The van der Waals surface area contributed by atoms with E-state index < -0.39 is 0 Å². The highest BCUT2D eigenvalue weighted by molar-refractivity contribution is 6.04. The number of nitrogens with one attached hydrogen (secondary N) is 1. The van der Waals surface area contributed by atoms with Gasteiger partial charge in [-0.15, -0.1) is 0 Å². The maximum absolute atomic E-state index is 12.7. The Balaban J connectivity index is 2.00. The summed E-state index contributed by atoms with van der Waals surface area (Å²) in [6, 6.07) is 13.6. The number of nitrogens with zero attached hydrogens (tertiary/aromatic N) is 2. The number of carbonyl (C=O) groups is 1. The molecular formula is C18H19N3O. The van der Waals surface area contributed by atoms with Gasteiger partial charge in [-0.05, 0) is 36.6 Å². The van der Waals surface area contributed by atoms with Crippen molar-refractivity contribution in [2.75, 3.05) is 5.32 Å². The van der Waals surface area contributed by atoms with E-state index in [4.69, 9.17) is 0 Å². The number of aryl methyl sites for hydroxylation is 1. The van der Waals surface area contributed by atoms with Crippen molar-refractivity contribution in [2.45, 2.75) is 26.7 Å². The summed E-state index contributed by atoms with van der Waals surface area (Å²) in [6.07, 6.45) is 1.86. The van der Waals surface area contributed by atoms with Crippen LogP contribution in [0.25, 0.3) is 5.65 Å². The van der Waals surface area contributed by atoms with Gasteiger partial charge in [0.05, 0.1) is 5.69 Å². The second-order valence-corrected chi connectivity index (χ2v) is 5.67. The number of carbonyl (C=O) groups excluding carboxylic acids is 1. The van der Waals surface area contributed by atoms with Gasteiger partial charge in [-0.25, -0.2) is 4.98 Å². The molecule has 2 heterocycles. The first kappa shape index (κ1) is 14.3. The molecule has 0 spiro atoms. The summed E-state index contributed by atoms with van der Waals surface area (Å²) in [4.78, 5) is 17.1. The van der Waals surface area contributed by atoms with E-state index in [2.05, 4.69) is 24.1 Å². The first-order valence-corrected chi connectivity index (χ1v) is 7.42. The number of aromatic nitrogens is 2. The molecule has 0 bridgehead atoms. The van der Waals surface area contributed by atoms with Crippen LogP contribution in [0.3, 0.4) is 0 Å². The minimum absolute atomic E-state index is 0.135. The summed E-state index contributed by atoms with van der Waals surface area (Å²) in [5.41, 5.74) is 4.07. The van der Waals surface area contributed by atoms with Crippen molar-refractivity contribution in [3.63, 3.8) is 0 Å². The first-order valence-electron chi connectivity index (χ1n) is 7.42. The Morgan fingerprint density at radius 3 is 2.64 bits per heavy atom. The summed E-state index contributed by atoms with van der Waals surface area (Å²) < 4.78 is 1.82. The molecule has 0 fully saturated rings. The van der Waals surface area contributed by atoms with Gasteiger partial charge in [-0.1, -0.05) is 38.1 Å². The first-order chi connectivity index (χ1) is 10.6. The summed E-state index contributed by atoms with van der Waals surface area (Å²) in [7, 11) is 0. The number of para-hydroxylation sites is 1. The van der Waals surface area contributed by atoms with Crippen molar-refractivity contribution in [2.24, 2.45) is 0 Å². The lowest BCUT2D eigenvalue weighted by Gasteiger charge is -2.13. The van der Waals surface area contributed by atoms with Gasteiger partial charge in [-0.3, -0.25) is 9.20 Å². The van der Waals surface area contributed by atoms with Gasteiger partial charge >= 0.3 is 0 Å². The number of amides is 1. The molecule has 1 aromatic carbocycles. The molecule has 0 unspecified atom stereocenters. The highest BCUT2D eigenvalue weighted by Crippen LogP contribution is 2.24. The molecule has 0 saturated heterocycles. The van der Waals surface area contributed by atoms with Crippen molar-refractivity contribution in [3.8, 4) is 0 Å². The zero-order valence-corrected chi connectivity index (χ0v) is 13.0. The SMILES string of the molecule is Cc1nc2ccccn2c1C(=O)Nc1ccccc1C(C)C. The minimum Gasteiger partial charge on any atom is -0.320 e. The third kappa shape index (κ3) is 2.48. The summed E-state index contributed by atoms with van der Waals surface area (Å²) in [5.74, 6) is 0.212. The molecule has 0 atom stereocenters. The third-order valence-electron chi connectivity index (χ3n) is 3.75. The zero-order chi connectivity index (χ0) is 15.7. The molecule has 4 nitrogen and oxygen atoms in total. The largest absolute Gasteiger partial charge is 0.320 e. The number of anilines is 1. The van der Waals surface area contributed by atoms with Crippen molar-refractivity contribution < 1.29 is 4.79 Å². The van der Waals surface area contributed by atoms with Crippen LogP contribution in [0.5, 0.6) is 0 Å². The van der Waals surface area contributed by atoms with Crippen LogP contribution in [0.2, 0.25) is 0 Å². The van der Waals surface area contributed by atoms with E-state index >= 15 is 0 Å². The van der Waals surface area contributed by atoms with Crippen LogP contribution in [0, 0.1) is 6.92 Å². The van der Waals surface area contributed by atoms with Gasteiger partial charge in [-0.2, -0.15) is 0 Å². The Bertz CT molecular complexity index is 833. The monoisotopic (exact) mass is 293 g/mol. The number of fused-ring (bicyclic) bond motifs is 1. The molecule has 0 aliphatic rings. The molecule has 0 saturated carbocycles. The van der Waals surface area contributed by atoms with E-state index in [1.807, 2.05) is 60.0 Å². The molecule has 112 valence electrons.